The van der Waals surface area contributed by atoms with Crippen molar-refractivity contribution < 1.29 is 0 Å². The molecule has 0 bridgehead atoms. The number of nitrogens with one attached hydrogen (secondary N) is 2. The maximum atomic E-state index is 6.65. The van der Waals surface area contributed by atoms with E-state index in [1.807, 2.05) is 66.3 Å². The fourth-order valence-electron chi connectivity index (χ4n) is 5.29. The Bertz CT molecular complexity index is 1690. The lowest BCUT2D eigenvalue weighted by atomic mass is 10.1. The molecule has 0 radical (unpaired) electrons. The van der Waals surface area contributed by atoms with Crippen LogP contribution in [0.4, 0.5) is 22.7 Å². The minimum absolute atomic E-state index is 0.497. The topological polar surface area (TPSA) is 114 Å². The molecule has 1 aliphatic rings. The zero-order chi connectivity index (χ0) is 30.8. The zero-order valence-corrected chi connectivity index (χ0v) is 26.5. The second-order valence-corrected chi connectivity index (χ2v) is 11.8. The van der Waals surface area contributed by atoms with Gasteiger partial charge in [-0.05, 0) is 89.4 Å². The summed E-state index contributed by atoms with van der Waals surface area (Å²) in [6.07, 6.45) is 1.07. The molecule has 0 spiro atoms. The quantitative estimate of drug-likeness (QED) is 0.244. The number of nitrogens with zero attached hydrogens (tertiary/aromatic N) is 8. The summed E-state index contributed by atoms with van der Waals surface area (Å²) in [6.45, 7) is 4.96. The highest BCUT2D eigenvalue weighted by Gasteiger charge is 2.25. The first-order chi connectivity index (χ1) is 20.5. The molecule has 2 aromatic heterocycles. The number of amidine groups is 1. The van der Waals surface area contributed by atoms with Crippen LogP contribution in [0.5, 0.6) is 0 Å². The van der Waals surface area contributed by atoms with Crippen LogP contribution in [0.15, 0.2) is 58.5 Å². The van der Waals surface area contributed by atoms with Gasteiger partial charge in [0.05, 0.1) is 11.0 Å². The van der Waals surface area contributed by atoms with Gasteiger partial charge in [0.15, 0.2) is 0 Å². The molecule has 2 aromatic carbocycles. The minimum atomic E-state index is -0.560. The maximum absolute atomic E-state index is 6.65. The van der Waals surface area contributed by atoms with Gasteiger partial charge in [0.25, 0.3) is 0 Å². The lowest BCUT2D eigenvalue weighted by Crippen LogP contribution is -2.52. The van der Waals surface area contributed by atoms with Crippen molar-refractivity contribution in [1.29, 1.82) is 0 Å². The fourth-order valence-corrected chi connectivity index (χ4v) is 5.29. The molecule has 43 heavy (non-hydrogen) atoms. The van der Waals surface area contributed by atoms with Gasteiger partial charge in [0.1, 0.15) is 5.84 Å². The number of fused-ring (bicyclic) bond motifs is 2. The van der Waals surface area contributed by atoms with Crippen molar-refractivity contribution >= 4 is 56.4 Å². The molecule has 1 atom stereocenters. The number of guanidine groups is 1. The third-order valence-corrected chi connectivity index (χ3v) is 7.39. The van der Waals surface area contributed by atoms with Gasteiger partial charge in [-0.15, -0.1) is 0 Å². The second-order valence-electron chi connectivity index (χ2n) is 11.8. The highest BCUT2D eigenvalue weighted by Crippen LogP contribution is 2.30. The number of hydrazine groups is 1. The Morgan fingerprint density at radius 1 is 0.791 bits per heavy atom. The molecule has 5 rings (SSSR count). The molecule has 1 unspecified atom stereocenters. The van der Waals surface area contributed by atoms with E-state index in [0.717, 1.165) is 74.7 Å². The van der Waals surface area contributed by atoms with Crippen molar-refractivity contribution in [3.05, 3.63) is 59.9 Å². The minimum Gasteiger partial charge on any atom is -0.377 e. The van der Waals surface area contributed by atoms with Crippen molar-refractivity contribution in [1.82, 2.24) is 19.9 Å². The van der Waals surface area contributed by atoms with Gasteiger partial charge in [-0.2, -0.15) is 4.99 Å². The van der Waals surface area contributed by atoms with E-state index < -0.39 is 6.29 Å². The van der Waals surface area contributed by atoms with Gasteiger partial charge in [-0.25, -0.2) is 10.8 Å². The van der Waals surface area contributed by atoms with Crippen LogP contribution in [0.25, 0.3) is 21.8 Å². The number of anilines is 4. The van der Waals surface area contributed by atoms with Crippen LogP contribution >= 0.6 is 0 Å². The van der Waals surface area contributed by atoms with E-state index in [4.69, 9.17) is 25.8 Å². The summed E-state index contributed by atoms with van der Waals surface area (Å²) in [4.78, 5) is 25.6. The molecule has 4 N–H and O–H groups in total. The summed E-state index contributed by atoms with van der Waals surface area (Å²) in [7, 11) is 12.3. The van der Waals surface area contributed by atoms with Gasteiger partial charge < -0.3 is 25.3 Å². The summed E-state index contributed by atoms with van der Waals surface area (Å²) in [5.41, 5.74) is 7.83. The van der Waals surface area contributed by atoms with E-state index in [0.29, 0.717) is 12.4 Å². The summed E-state index contributed by atoms with van der Waals surface area (Å²) >= 11 is 0. The highest BCUT2D eigenvalue weighted by atomic mass is 15.6. The van der Waals surface area contributed by atoms with Crippen LogP contribution in [0.3, 0.4) is 0 Å². The Hall–Kier alpha value is -4.48. The molecule has 0 saturated carbocycles. The van der Waals surface area contributed by atoms with Crippen molar-refractivity contribution in [2.75, 3.05) is 69.3 Å². The Kier molecular flexibility index (Phi) is 8.65. The van der Waals surface area contributed by atoms with Gasteiger partial charge in [0, 0.05) is 79.5 Å². The molecule has 4 aromatic rings. The highest BCUT2D eigenvalue weighted by molar-refractivity contribution is 6.05. The lowest BCUT2D eigenvalue weighted by molar-refractivity contribution is 0.341. The standard InChI is InChI=1S/C32H43N11/c1-20-16-28(41(5)6)24-18-22(11-13-26(24)34-20)36-31-38-30(10-9-15-40(3)4)43(33)32(39-31)37-23-12-14-27-25(19-23)29(42(7)8)17-21(2)35-27/h11-14,16-19,32,37H,9-10,15,33H2,1-8H3,(H,36,39). The van der Waals surface area contributed by atoms with E-state index >= 15 is 0 Å². The number of benzene rings is 2. The van der Waals surface area contributed by atoms with Gasteiger partial charge in [0.2, 0.25) is 12.2 Å². The van der Waals surface area contributed by atoms with Crippen LogP contribution in [0, 0.1) is 13.8 Å². The average Bonchev–Trinajstić information content (AvgIpc) is 2.94. The van der Waals surface area contributed by atoms with E-state index in [1.165, 1.54) is 0 Å². The predicted octanol–water partition coefficient (Wildman–Crippen LogP) is 4.63. The summed E-state index contributed by atoms with van der Waals surface area (Å²) in [5, 5.41) is 10.7. The molecule has 1 aliphatic heterocycles. The molecule has 0 fully saturated rings. The third kappa shape index (κ3) is 6.79. The Morgan fingerprint density at radius 2 is 1.35 bits per heavy atom. The molecular weight excluding hydrogens is 538 g/mol. The second kappa shape index (κ2) is 12.4. The number of rotatable bonds is 9. The van der Waals surface area contributed by atoms with Crippen molar-refractivity contribution in [2.45, 2.75) is 33.0 Å². The van der Waals surface area contributed by atoms with Crippen LogP contribution in [0.2, 0.25) is 0 Å². The van der Waals surface area contributed by atoms with Crippen LogP contribution in [0.1, 0.15) is 24.2 Å². The maximum Gasteiger partial charge on any atom is 0.227 e. The number of aliphatic imine (C=N–C) groups is 2. The van der Waals surface area contributed by atoms with Gasteiger partial charge >= 0.3 is 0 Å². The molecular formula is C32H43N11. The summed E-state index contributed by atoms with van der Waals surface area (Å²) < 4.78 is 0. The number of aryl methyl sites for hydroxylation is 2. The van der Waals surface area contributed by atoms with Crippen LogP contribution < -0.4 is 26.3 Å². The van der Waals surface area contributed by atoms with Crippen molar-refractivity contribution in [3.8, 4) is 0 Å². The normalized spacial score (nSPS) is 15.1. The molecule has 11 nitrogen and oxygen atoms in total. The van der Waals surface area contributed by atoms with E-state index in [2.05, 4.69) is 63.7 Å². The Morgan fingerprint density at radius 3 is 1.91 bits per heavy atom. The first-order valence-electron chi connectivity index (χ1n) is 14.5. The Labute approximate surface area is 254 Å². The summed E-state index contributed by atoms with van der Waals surface area (Å²) in [5.74, 6) is 7.91. The number of hydrogen-bond acceptors (Lipinski definition) is 11. The number of pyridine rings is 2. The predicted molar refractivity (Wildman–Crippen MR) is 181 cm³/mol. The number of nitrogens with two attached hydrogens (primary N) is 1. The smallest absolute Gasteiger partial charge is 0.227 e. The molecule has 226 valence electrons. The first-order valence-corrected chi connectivity index (χ1v) is 14.5. The first kappa shape index (κ1) is 30.0. The van der Waals surface area contributed by atoms with E-state index in [9.17, 15) is 0 Å². The molecule has 11 heteroatoms. The summed E-state index contributed by atoms with van der Waals surface area (Å²) in [6, 6.07) is 16.5. The third-order valence-electron chi connectivity index (χ3n) is 7.39. The van der Waals surface area contributed by atoms with E-state index in [-0.39, 0.29) is 0 Å². The van der Waals surface area contributed by atoms with Crippen LogP contribution in [-0.2, 0) is 0 Å². The average molecular weight is 582 g/mol. The van der Waals surface area contributed by atoms with Crippen LogP contribution in [-0.4, -0.2) is 86.8 Å². The number of aromatic nitrogens is 2. The SMILES string of the molecule is Cc1cc(N(C)C)c2cc(NC3=NC(Nc4ccc5nc(C)cc(N(C)C)c5c4)N(N)C(CCCN(C)C)=N3)ccc2n1. The fraction of sp³-hybridized carbons (Fsp3) is 0.375. The van der Waals surface area contributed by atoms with Crippen molar-refractivity contribution in [3.63, 3.8) is 0 Å². The molecule has 0 aliphatic carbocycles. The van der Waals surface area contributed by atoms with E-state index in [1.54, 1.807) is 5.01 Å². The zero-order valence-electron chi connectivity index (χ0n) is 26.5. The number of hydrogen-bond donors (Lipinski definition) is 3. The van der Waals surface area contributed by atoms with Gasteiger partial charge in [-0.1, -0.05) is 0 Å². The molecule has 0 amide bonds. The molecule has 0 saturated heterocycles. The van der Waals surface area contributed by atoms with Crippen molar-refractivity contribution in [2.24, 2.45) is 15.8 Å². The molecule has 3 heterocycles. The lowest BCUT2D eigenvalue weighted by Gasteiger charge is -2.32. The largest absolute Gasteiger partial charge is 0.377 e. The van der Waals surface area contributed by atoms with Gasteiger partial charge in [-0.3, -0.25) is 15.0 Å². The monoisotopic (exact) mass is 581 g/mol. The Balaban J connectivity index is 1.48.